The van der Waals surface area contributed by atoms with E-state index in [0.717, 1.165) is 26.1 Å². The minimum atomic E-state index is -0.376. The maximum Gasteiger partial charge on any atom is 0.258 e. The van der Waals surface area contributed by atoms with Crippen LogP contribution in [0.25, 0.3) is 10.9 Å². The van der Waals surface area contributed by atoms with E-state index in [0.29, 0.717) is 34.3 Å². The highest BCUT2D eigenvalue weighted by Crippen LogP contribution is 2.22. The number of nitrogens with one attached hydrogen (secondary N) is 3. The summed E-state index contributed by atoms with van der Waals surface area (Å²) in [6.07, 6.45) is 2.14. The van der Waals surface area contributed by atoms with Crippen LogP contribution in [0.4, 0.5) is 5.69 Å². The molecule has 0 atom stereocenters. The number of rotatable bonds is 9. The van der Waals surface area contributed by atoms with Gasteiger partial charge in [0.15, 0.2) is 0 Å². The molecule has 0 bridgehead atoms. The van der Waals surface area contributed by atoms with E-state index in [4.69, 9.17) is 11.6 Å². The van der Waals surface area contributed by atoms with Crippen molar-refractivity contribution in [1.29, 1.82) is 0 Å². The number of hydrogen-bond acceptors (Lipinski definition) is 5. The van der Waals surface area contributed by atoms with Crippen LogP contribution in [0.15, 0.2) is 47.5 Å². The highest BCUT2D eigenvalue weighted by molar-refractivity contribution is 6.34. The van der Waals surface area contributed by atoms with Crippen molar-refractivity contribution in [3.63, 3.8) is 0 Å². The van der Waals surface area contributed by atoms with Gasteiger partial charge in [-0.05, 0) is 62.5 Å². The van der Waals surface area contributed by atoms with Gasteiger partial charge in [0.1, 0.15) is 0 Å². The summed E-state index contributed by atoms with van der Waals surface area (Å²) >= 11 is 6.29. The molecule has 0 saturated heterocycles. The van der Waals surface area contributed by atoms with Gasteiger partial charge in [-0.15, -0.1) is 0 Å². The lowest BCUT2D eigenvalue weighted by Gasteiger charge is -2.17. The first-order valence-corrected chi connectivity index (χ1v) is 10.9. The van der Waals surface area contributed by atoms with E-state index in [-0.39, 0.29) is 22.4 Å². The van der Waals surface area contributed by atoms with Crippen LogP contribution < -0.4 is 16.2 Å². The van der Waals surface area contributed by atoms with E-state index in [2.05, 4.69) is 39.3 Å². The van der Waals surface area contributed by atoms with E-state index in [1.165, 1.54) is 12.4 Å². The molecule has 2 aromatic carbocycles. The Balaban J connectivity index is 1.61. The lowest BCUT2D eigenvalue weighted by molar-refractivity contribution is 0.0951. The number of benzene rings is 2. The van der Waals surface area contributed by atoms with Crippen molar-refractivity contribution in [2.45, 2.75) is 20.3 Å². The van der Waals surface area contributed by atoms with Gasteiger partial charge in [0.05, 0.1) is 27.8 Å². The molecular formula is C23H26ClN5O3. The molecule has 1 heterocycles. The van der Waals surface area contributed by atoms with Gasteiger partial charge >= 0.3 is 0 Å². The number of nitrogens with zero attached hydrogens (tertiary/aromatic N) is 2. The number of aromatic nitrogens is 2. The van der Waals surface area contributed by atoms with Crippen molar-refractivity contribution in [1.82, 2.24) is 20.2 Å². The summed E-state index contributed by atoms with van der Waals surface area (Å²) in [5.41, 5.74) is 1.31. The molecule has 168 valence electrons. The van der Waals surface area contributed by atoms with Gasteiger partial charge in [0.2, 0.25) is 0 Å². The third-order valence-electron chi connectivity index (χ3n) is 5.21. The molecule has 0 radical (unpaired) electrons. The van der Waals surface area contributed by atoms with Crippen molar-refractivity contribution in [3.05, 3.63) is 69.2 Å². The number of fused-ring (bicyclic) bond motifs is 1. The van der Waals surface area contributed by atoms with Crippen molar-refractivity contribution >= 4 is 40.0 Å². The monoisotopic (exact) mass is 455 g/mol. The normalized spacial score (nSPS) is 11.0. The SMILES string of the molecule is CCN(CC)CCCNC(=O)c1ccc(NC(=O)c2ccc3c(=O)[nH]cnc3c2)cc1Cl. The fourth-order valence-electron chi connectivity index (χ4n) is 3.33. The summed E-state index contributed by atoms with van der Waals surface area (Å²) in [6, 6.07) is 9.39. The Kier molecular flexibility index (Phi) is 7.97. The number of carbonyl (C=O) groups is 2. The first-order valence-electron chi connectivity index (χ1n) is 10.5. The Labute approximate surface area is 191 Å². The number of H-pyrrole nitrogens is 1. The van der Waals surface area contributed by atoms with Crippen molar-refractivity contribution in [2.24, 2.45) is 0 Å². The lowest BCUT2D eigenvalue weighted by atomic mass is 10.1. The zero-order valence-corrected chi connectivity index (χ0v) is 18.8. The molecule has 0 saturated carbocycles. The lowest BCUT2D eigenvalue weighted by Crippen LogP contribution is -2.30. The first-order chi connectivity index (χ1) is 15.4. The van der Waals surface area contributed by atoms with Gasteiger partial charge in [-0.3, -0.25) is 14.4 Å². The summed E-state index contributed by atoms with van der Waals surface area (Å²) in [5, 5.41) is 6.27. The van der Waals surface area contributed by atoms with E-state index in [1.54, 1.807) is 30.3 Å². The van der Waals surface area contributed by atoms with Crippen molar-refractivity contribution in [2.75, 3.05) is 31.5 Å². The molecular weight excluding hydrogens is 430 g/mol. The molecule has 3 aromatic rings. The molecule has 0 fully saturated rings. The predicted octanol–water partition coefficient (Wildman–Crippen LogP) is 3.29. The van der Waals surface area contributed by atoms with Crippen LogP contribution in [-0.2, 0) is 0 Å². The minimum Gasteiger partial charge on any atom is -0.352 e. The summed E-state index contributed by atoms with van der Waals surface area (Å²) in [7, 11) is 0. The highest BCUT2D eigenvalue weighted by atomic mass is 35.5. The van der Waals surface area contributed by atoms with Crippen LogP contribution in [0, 0.1) is 0 Å². The van der Waals surface area contributed by atoms with Gasteiger partial charge < -0.3 is 20.5 Å². The quantitative estimate of drug-likeness (QED) is 0.429. The molecule has 2 amide bonds. The average molecular weight is 456 g/mol. The second-order valence-electron chi connectivity index (χ2n) is 7.25. The van der Waals surface area contributed by atoms with Gasteiger partial charge in [0.25, 0.3) is 17.4 Å². The zero-order chi connectivity index (χ0) is 23.1. The standard InChI is InChI=1S/C23H26ClN5O3/c1-3-29(4-2)11-5-10-25-22(31)17-9-7-16(13-19(17)24)28-21(30)15-6-8-18-20(12-15)26-14-27-23(18)32/h6-9,12-14H,3-5,10-11H2,1-2H3,(H,25,31)(H,28,30)(H,26,27,32). The molecule has 8 nitrogen and oxygen atoms in total. The number of halogens is 1. The van der Waals surface area contributed by atoms with Crippen LogP contribution in [-0.4, -0.2) is 52.9 Å². The van der Waals surface area contributed by atoms with E-state index in [9.17, 15) is 14.4 Å². The molecule has 0 aliphatic heterocycles. The number of amides is 2. The molecule has 1 aromatic heterocycles. The molecule has 3 rings (SSSR count). The topological polar surface area (TPSA) is 107 Å². The number of carbonyl (C=O) groups excluding carboxylic acids is 2. The Morgan fingerprint density at radius 2 is 1.88 bits per heavy atom. The van der Waals surface area contributed by atoms with Crippen molar-refractivity contribution in [3.8, 4) is 0 Å². The van der Waals surface area contributed by atoms with E-state index in [1.807, 2.05) is 0 Å². The van der Waals surface area contributed by atoms with Crippen LogP contribution >= 0.6 is 11.6 Å². The number of hydrogen-bond donors (Lipinski definition) is 3. The number of anilines is 1. The fourth-order valence-corrected chi connectivity index (χ4v) is 3.60. The first kappa shape index (κ1) is 23.4. The van der Waals surface area contributed by atoms with Crippen LogP contribution in [0.2, 0.25) is 5.02 Å². The Bertz CT molecular complexity index is 1170. The zero-order valence-electron chi connectivity index (χ0n) is 18.1. The van der Waals surface area contributed by atoms with Gasteiger partial charge in [-0.25, -0.2) is 4.98 Å². The molecule has 0 spiro atoms. The fraction of sp³-hybridized carbons (Fsp3) is 0.304. The maximum absolute atomic E-state index is 12.6. The molecule has 0 unspecified atom stereocenters. The van der Waals surface area contributed by atoms with Crippen molar-refractivity contribution < 1.29 is 9.59 Å². The third kappa shape index (κ3) is 5.72. The number of aromatic amines is 1. The summed E-state index contributed by atoms with van der Waals surface area (Å²) < 4.78 is 0. The predicted molar refractivity (Wildman–Crippen MR) is 127 cm³/mol. The third-order valence-corrected chi connectivity index (χ3v) is 5.52. The van der Waals surface area contributed by atoms with Crippen LogP contribution in [0.1, 0.15) is 41.0 Å². The summed E-state index contributed by atoms with van der Waals surface area (Å²) in [6.45, 7) is 7.67. The Morgan fingerprint density at radius 3 is 2.59 bits per heavy atom. The van der Waals surface area contributed by atoms with Gasteiger partial charge in [-0.2, -0.15) is 0 Å². The van der Waals surface area contributed by atoms with E-state index >= 15 is 0 Å². The summed E-state index contributed by atoms with van der Waals surface area (Å²) in [5.74, 6) is -0.628. The van der Waals surface area contributed by atoms with Crippen LogP contribution in [0.5, 0.6) is 0 Å². The second-order valence-corrected chi connectivity index (χ2v) is 7.66. The van der Waals surface area contributed by atoms with Gasteiger partial charge in [-0.1, -0.05) is 25.4 Å². The smallest absolute Gasteiger partial charge is 0.258 e. The largest absolute Gasteiger partial charge is 0.352 e. The Morgan fingerprint density at radius 1 is 1.09 bits per heavy atom. The molecule has 0 aliphatic rings. The minimum absolute atomic E-state index is 0.246. The summed E-state index contributed by atoms with van der Waals surface area (Å²) in [4.78, 5) is 45.7. The van der Waals surface area contributed by atoms with Gasteiger partial charge in [0, 0.05) is 17.8 Å². The Hall–Kier alpha value is -3.23. The average Bonchev–Trinajstić information content (AvgIpc) is 2.79. The molecule has 32 heavy (non-hydrogen) atoms. The molecule has 9 heteroatoms. The maximum atomic E-state index is 12.6. The van der Waals surface area contributed by atoms with E-state index < -0.39 is 0 Å². The highest BCUT2D eigenvalue weighted by Gasteiger charge is 2.13. The van der Waals surface area contributed by atoms with Crippen LogP contribution in [0.3, 0.4) is 0 Å². The molecule has 3 N–H and O–H groups in total. The molecule has 0 aliphatic carbocycles. The second kappa shape index (κ2) is 10.9.